The second-order valence-corrected chi connectivity index (χ2v) is 3.16. The van der Waals surface area contributed by atoms with Crippen molar-refractivity contribution in [3.63, 3.8) is 0 Å². The van der Waals surface area contributed by atoms with Gasteiger partial charge in [-0.05, 0) is 31.2 Å². The topological polar surface area (TPSA) is 52.3 Å². The van der Waals surface area contributed by atoms with Crippen LogP contribution in [0, 0.1) is 5.82 Å². The predicted octanol–water partition coefficient (Wildman–Crippen LogP) is 1.76. The van der Waals surface area contributed by atoms with E-state index in [1.54, 1.807) is 6.07 Å². The first-order chi connectivity index (χ1) is 7.19. The molecule has 82 valence electrons. The number of carbonyl (C=O) groups is 1. The molecule has 0 amide bonds. The van der Waals surface area contributed by atoms with Crippen LogP contribution in [-0.4, -0.2) is 19.4 Å². The fourth-order valence-corrected chi connectivity index (χ4v) is 1.25. The lowest BCUT2D eigenvalue weighted by atomic mass is 10.1. The summed E-state index contributed by atoms with van der Waals surface area (Å²) in [4.78, 5) is 11.5. The third-order valence-electron chi connectivity index (χ3n) is 2.08. The van der Waals surface area contributed by atoms with Crippen molar-refractivity contribution in [3.05, 3.63) is 29.6 Å². The maximum absolute atomic E-state index is 13.2. The molecule has 0 atom stereocenters. The Morgan fingerprint density at radius 1 is 1.53 bits per heavy atom. The van der Waals surface area contributed by atoms with Crippen molar-refractivity contribution in [1.82, 2.24) is 0 Å². The number of hydrogen-bond acceptors (Lipinski definition) is 3. The number of methoxy groups -OCH3 is 1. The average molecular weight is 211 g/mol. The monoisotopic (exact) mass is 211 g/mol. The molecule has 1 aromatic rings. The minimum atomic E-state index is -0.518. The molecule has 0 aliphatic rings. The highest BCUT2D eigenvalue weighted by molar-refractivity contribution is 5.96. The van der Waals surface area contributed by atoms with Gasteiger partial charge in [0.2, 0.25) is 0 Å². The van der Waals surface area contributed by atoms with Crippen LogP contribution >= 0.6 is 0 Å². The largest absolute Gasteiger partial charge is 0.494 e. The molecule has 0 radical (unpaired) electrons. The van der Waals surface area contributed by atoms with E-state index >= 15 is 0 Å². The van der Waals surface area contributed by atoms with Crippen LogP contribution < -0.4 is 10.5 Å². The van der Waals surface area contributed by atoms with Crippen LogP contribution in [0.1, 0.15) is 23.2 Å². The molecule has 0 saturated carbocycles. The number of rotatable bonds is 5. The van der Waals surface area contributed by atoms with Gasteiger partial charge in [0.1, 0.15) is 0 Å². The predicted molar refractivity (Wildman–Crippen MR) is 55.6 cm³/mol. The summed E-state index contributed by atoms with van der Waals surface area (Å²) in [5.74, 6) is -0.469. The van der Waals surface area contributed by atoms with Gasteiger partial charge in [-0.25, -0.2) is 4.39 Å². The number of ketones is 1. The third-order valence-corrected chi connectivity index (χ3v) is 2.08. The summed E-state index contributed by atoms with van der Waals surface area (Å²) in [6, 6.07) is 4.20. The van der Waals surface area contributed by atoms with E-state index in [1.165, 1.54) is 19.2 Å². The van der Waals surface area contributed by atoms with Gasteiger partial charge in [-0.15, -0.1) is 0 Å². The van der Waals surface area contributed by atoms with E-state index in [1.807, 2.05) is 0 Å². The summed E-state index contributed by atoms with van der Waals surface area (Å²) >= 11 is 0. The number of halogens is 1. The Labute approximate surface area is 88.0 Å². The number of benzene rings is 1. The molecule has 0 bridgehead atoms. The number of carbonyl (C=O) groups excluding carboxylic acids is 1. The van der Waals surface area contributed by atoms with Crippen LogP contribution in [0.25, 0.3) is 0 Å². The summed E-state index contributed by atoms with van der Waals surface area (Å²) in [5, 5.41) is 0. The lowest BCUT2D eigenvalue weighted by Gasteiger charge is -2.04. The minimum absolute atomic E-state index is 0.0954. The van der Waals surface area contributed by atoms with Crippen molar-refractivity contribution in [2.45, 2.75) is 12.8 Å². The third kappa shape index (κ3) is 3.02. The Bertz CT molecular complexity index is 352. The maximum atomic E-state index is 13.2. The second kappa shape index (κ2) is 5.46. The summed E-state index contributed by atoms with van der Waals surface area (Å²) < 4.78 is 18.0. The van der Waals surface area contributed by atoms with Crippen LogP contribution in [0.2, 0.25) is 0 Å². The quantitative estimate of drug-likeness (QED) is 0.755. The summed E-state index contributed by atoms with van der Waals surface area (Å²) in [7, 11) is 1.38. The molecular weight excluding hydrogens is 197 g/mol. The van der Waals surface area contributed by atoms with Crippen LogP contribution in [0.4, 0.5) is 4.39 Å². The summed E-state index contributed by atoms with van der Waals surface area (Å²) in [5.41, 5.74) is 5.65. The van der Waals surface area contributed by atoms with Gasteiger partial charge in [0.05, 0.1) is 7.11 Å². The Kier molecular flexibility index (Phi) is 4.24. The van der Waals surface area contributed by atoms with E-state index in [4.69, 9.17) is 10.5 Å². The van der Waals surface area contributed by atoms with Gasteiger partial charge in [0.25, 0.3) is 0 Å². The Morgan fingerprint density at radius 2 is 2.27 bits per heavy atom. The van der Waals surface area contributed by atoms with E-state index in [0.717, 1.165) is 0 Å². The molecule has 0 heterocycles. The lowest BCUT2D eigenvalue weighted by molar-refractivity contribution is 0.0980. The number of hydrogen-bond donors (Lipinski definition) is 1. The highest BCUT2D eigenvalue weighted by Crippen LogP contribution is 2.18. The maximum Gasteiger partial charge on any atom is 0.165 e. The molecule has 0 saturated heterocycles. The molecule has 2 N–H and O–H groups in total. The van der Waals surface area contributed by atoms with Crippen molar-refractivity contribution in [1.29, 1.82) is 0 Å². The van der Waals surface area contributed by atoms with Gasteiger partial charge < -0.3 is 10.5 Å². The molecule has 0 aliphatic heterocycles. The van der Waals surface area contributed by atoms with E-state index in [2.05, 4.69) is 0 Å². The number of ether oxygens (including phenoxy) is 1. The smallest absolute Gasteiger partial charge is 0.165 e. The summed E-state index contributed by atoms with van der Waals surface area (Å²) in [6.45, 7) is 0.463. The first-order valence-electron chi connectivity index (χ1n) is 4.76. The highest BCUT2D eigenvalue weighted by atomic mass is 19.1. The minimum Gasteiger partial charge on any atom is -0.494 e. The lowest BCUT2D eigenvalue weighted by Crippen LogP contribution is -2.05. The number of Topliss-reactive ketones (excluding diaryl/α,β-unsaturated/α-hetero) is 1. The number of nitrogens with two attached hydrogens (primary N) is 1. The van der Waals surface area contributed by atoms with Crippen LogP contribution in [0.3, 0.4) is 0 Å². The Morgan fingerprint density at radius 3 is 2.80 bits per heavy atom. The molecule has 15 heavy (non-hydrogen) atoms. The van der Waals surface area contributed by atoms with Crippen molar-refractivity contribution >= 4 is 5.78 Å². The molecule has 1 rings (SSSR count). The van der Waals surface area contributed by atoms with Crippen molar-refractivity contribution < 1.29 is 13.9 Å². The van der Waals surface area contributed by atoms with Crippen LogP contribution in [0.5, 0.6) is 5.75 Å². The van der Waals surface area contributed by atoms with Crippen LogP contribution in [0.15, 0.2) is 18.2 Å². The second-order valence-electron chi connectivity index (χ2n) is 3.16. The molecule has 0 aromatic heterocycles. The zero-order valence-corrected chi connectivity index (χ0v) is 8.63. The van der Waals surface area contributed by atoms with Crippen molar-refractivity contribution in [3.8, 4) is 5.75 Å². The molecule has 0 unspecified atom stereocenters. The Balaban J connectivity index is 2.78. The molecule has 3 nitrogen and oxygen atoms in total. The zero-order valence-electron chi connectivity index (χ0n) is 8.63. The summed E-state index contributed by atoms with van der Waals surface area (Å²) in [6.07, 6.45) is 0.967. The molecule has 0 spiro atoms. The van der Waals surface area contributed by atoms with Gasteiger partial charge in [0, 0.05) is 12.0 Å². The first kappa shape index (κ1) is 11.7. The molecular formula is C11H14FNO2. The van der Waals surface area contributed by atoms with Gasteiger partial charge in [0.15, 0.2) is 17.3 Å². The molecule has 0 aliphatic carbocycles. The van der Waals surface area contributed by atoms with E-state index in [-0.39, 0.29) is 11.5 Å². The van der Waals surface area contributed by atoms with Gasteiger partial charge in [-0.3, -0.25) is 4.79 Å². The molecule has 0 fully saturated rings. The standard InChI is InChI=1S/C11H14FNO2/c1-15-11-5-4-8(7-9(11)12)10(14)3-2-6-13/h4-5,7H,2-3,6,13H2,1H3. The van der Waals surface area contributed by atoms with Gasteiger partial charge >= 0.3 is 0 Å². The normalized spacial score (nSPS) is 10.1. The molecule has 4 heteroatoms. The van der Waals surface area contributed by atoms with E-state index in [9.17, 15) is 9.18 Å². The molecule has 1 aromatic carbocycles. The van der Waals surface area contributed by atoms with Crippen LogP contribution in [-0.2, 0) is 0 Å². The highest BCUT2D eigenvalue weighted by Gasteiger charge is 2.09. The van der Waals surface area contributed by atoms with Gasteiger partial charge in [-0.2, -0.15) is 0 Å². The average Bonchev–Trinajstić information content (AvgIpc) is 2.25. The fourth-order valence-electron chi connectivity index (χ4n) is 1.25. The Hall–Kier alpha value is -1.42. The van der Waals surface area contributed by atoms with Crippen molar-refractivity contribution in [2.24, 2.45) is 5.73 Å². The fraction of sp³-hybridized carbons (Fsp3) is 0.364. The van der Waals surface area contributed by atoms with E-state index < -0.39 is 5.82 Å². The van der Waals surface area contributed by atoms with Gasteiger partial charge in [-0.1, -0.05) is 0 Å². The SMILES string of the molecule is COc1ccc(C(=O)CCCN)cc1F. The zero-order chi connectivity index (χ0) is 11.3. The van der Waals surface area contributed by atoms with E-state index in [0.29, 0.717) is 24.9 Å². The first-order valence-corrected chi connectivity index (χ1v) is 4.76. The van der Waals surface area contributed by atoms with Crippen molar-refractivity contribution in [2.75, 3.05) is 13.7 Å².